The second-order valence-electron chi connectivity index (χ2n) is 38.6. The van der Waals surface area contributed by atoms with Crippen molar-refractivity contribution in [3.05, 3.63) is 0 Å². The lowest BCUT2D eigenvalue weighted by molar-refractivity contribution is -0.249. The summed E-state index contributed by atoms with van der Waals surface area (Å²) in [5, 5.41) is 53.3. The molecule has 8 heteroatoms. The second kappa shape index (κ2) is 26.7. The first-order valence-corrected chi connectivity index (χ1v) is 39.2. The van der Waals surface area contributed by atoms with Gasteiger partial charge in [0.15, 0.2) is 0 Å². The lowest BCUT2D eigenvalue weighted by atomic mass is 9.42. The van der Waals surface area contributed by atoms with E-state index >= 15 is 8.78 Å². The van der Waals surface area contributed by atoms with Gasteiger partial charge in [-0.3, -0.25) is 0 Å². The topological polar surface area (TPSA) is 114 Å². The van der Waals surface area contributed by atoms with E-state index in [1.54, 1.807) is 0 Å². The molecular weight excluding hydrogens is 1120 g/mol. The van der Waals surface area contributed by atoms with Crippen LogP contribution in [-0.4, -0.2) is 79.1 Å². The average molecular weight is 1260 g/mol. The molecule has 0 amide bonds. The van der Waals surface area contributed by atoms with Crippen LogP contribution in [0.1, 0.15) is 323 Å². The van der Waals surface area contributed by atoms with Crippen molar-refractivity contribution in [3.8, 4) is 0 Å². The number of aliphatic hydroxyl groups is 5. The van der Waals surface area contributed by atoms with Crippen LogP contribution in [0.3, 0.4) is 0 Å². The predicted molar refractivity (Wildman–Crippen MR) is 367 cm³/mol. The van der Waals surface area contributed by atoms with Crippen LogP contribution in [0.4, 0.5) is 8.78 Å². The summed E-state index contributed by atoms with van der Waals surface area (Å²) in [7, 11) is 0. The molecule has 1 spiro atoms. The van der Waals surface area contributed by atoms with E-state index in [1.807, 2.05) is 0 Å². The van der Waals surface area contributed by atoms with E-state index in [9.17, 15) is 25.5 Å². The lowest BCUT2D eigenvalue weighted by Crippen LogP contribution is -2.67. The van der Waals surface area contributed by atoms with Gasteiger partial charge >= 0.3 is 0 Å². The van der Waals surface area contributed by atoms with E-state index in [2.05, 4.69) is 104 Å². The highest BCUT2D eigenvalue weighted by Crippen LogP contribution is 2.76. The fraction of sp³-hybridized carbons (Fsp3) is 1.00. The summed E-state index contributed by atoms with van der Waals surface area (Å²) in [6.45, 7) is 36.1. The van der Waals surface area contributed by atoms with Gasteiger partial charge in [-0.25, -0.2) is 8.78 Å². The highest BCUT2D eigenvalue weighted by atomic mass is 19.1. The summed E-state index contributed by atoms with van der Waals surface area (Å²) in [6.07, 6.45) is 33.7. The summed E-state index contributed by atoms with van der Waals surface area (Å²) in [6, 6.07) is 0. The van der Waals surface area contributed by atoms with Crippen molar-refractivity contribution in [2.24, 2.45) is 139 Å². The molecule has 1 aliphatic heterocycles. The largest absolute Gasteiger partial charge is 0.393 e. The van der Waals surface area contributed by atoms with Gasteiger partial charge in [-0.2, -0.15) is 0 Å². The summed E-state index contributed by atoms with van der Waals surface area (Å²) in [5.74, 6) is 12.9. The third-order valence-corrected chi connectivity index (χ3v) is 33.2. The van der Waals surface area contributed by atoms with Gasteiger partial charge in [0.05, 0.1) is 30.5 Å². The zero-order chi connectivity index (χ0) is 64.4. The van der Waals surface area contributed by atoms with Crippen LogP contribution in [0.5, 0.6) is 0 Å². The third-order valence-electron chi connectivity index (χ3n) is 33.2. The second-order valence-corrected chi connectivity index (χ2v) is 38.6. The number of alkyl halides is 2. The number of rotatable bonds is 15. The fourth-order valence-electron chi connectivity index (χ4n) is 28.2. The van der Waals surface area contributed by atoms with E-state index in [1.165, 1.54) is 135 Å². The molecule has 90 heavy (non-hydrogen) atoms. The average Bonchev–Trinajstić information content (AvgIpc) is 1.42. The van der Waals surface area contributed by atoms with E-state index in [4.69, 9.17) is 4.74 Å². The normalized spacial score (nSPS) is 52.1. The van der Waals surface area contributed by atoms with Gasteiger partial charge in [0.25, 0.3) is 0 Å². The molecule has 13 aliphatic rings. The van der Waals surface area contributed by atoms with E-state index in [0.29, 0.717) is 89.0 Å². The van der Waals surface area contributed by atoms with Gasteiger partial charge in [-0.05, 0) is 258 Å². The summed E-state index contributed by atoms with van der Waals surface area (Å²) in [4.78, 5) is 0. The number of halogens is 2. The van der Waals surface area contributed by atoms with Crippen molar-refractivity contribution in [3.63, 3.8) is 0 Å². The molecule has 522 valence electrons. The Balaban J connectivity index is 0.000000148. The van der Waals surface area contributed by atoms with Crippen molar-refractivity contribution >= 4 is 0 Å². The van der Waals surface area contributed by atoms with E-state index in [0.717, 1.165) is 110 Å². The standard InChI is InChI=1S/2C27H47FO2.C27H46O2.CH4/c1-17(2)7-6-8-18(3)21-9-10-22-20-15-24(30)27(28)16-19(29)11-14-26(27,5)23(20)12-13-25(21,22)4;1-17(2)7-6-8-18(3)21-9-10-22-20-15-24(28)27(30)16-19(29)11-14-26(27,5)23(20)12-13-25(21,22)4;1-17(2)7-6-8-18(3)21-9-10-22-20-15-24-27(29-24)16-19(28)11-14-26(27,5)23(20)12-13-25(21,22)4;/h2*17-24,29-30H,6-16H2,1-5H3;17-24,28H,6-16H2,1-5H3;1H4/t2*18-,19+,20+,21-,22+,23+,24-,25-,26-,27+;18-,19+,20+,21-,22+,23+,24?,25-,26-,27?;/m111./s1. The monoisotopic (exact) mass is 1260 g/mol. The van der Waals surface area contributed by atoms with Gasteiger partial charge in [-0.15, -0.1) is 0 Å². The molecule has 12 saturated carbocycles. The summed E-state index contributed by atoms with van der Waals surface area (Å²) >= 11 is 0. The molecule has 2 unspecified atom stereocenters. The molecule has 13 fully saturated rings. The number of hydrogen-bond acceptors (Lipinski definition) is 6. The minimum atomic E-state index is -1.61. The minimum Gasteiger partial charge on any atom is -0.393 e. The van der Waals surface area contributed by atoms with Crippen molar-refractivity contribution in [2.45, 2.75) is 377 Å². The van der Waals surface area contributed by atoms with E-state index in [-0.39, 0.29) is 37.4 Å². The smallest absolute Gasteiger partial charge is 0.144 e. The van der Waals surface area contributed by atoms with Crippen LogP contribution in [0, 0.1) is 139 Å². The first-order valence-electron chi connectivity index (χ1n) is 39.2. The Labute approximate surface area is 552 Å². The molecule has 0 aromatic carbocycles. The predicted octanol–water partition coefficient (Wildman–Crippen LogP) is 20.3. The molecule has 0 aromatic rings. The quantitative estimate of drug-likeness (QED) is 0.104. The van der Waals surface area contributed by atoms with Crippen LogP contribution in [0.15, 0.2) is 0 Å². The Kier molecular flexibility index (Phi) is 21.5. The molecule has 0 radical (unpaired) electrons. The molecule has 1 heterocycles. The minimum absolute atomic E-state index is 0. The number of epoxide rings is 1. The van der Waals surface area contributed by atoms with Crippen LogP contribution < -0.4 is 0 Å². The van der Waals surface area contributed by atoms with Crippen LogP contribution in [-0.2, 0) is 4.74 Å². The molecule has 0 aromatic heterocycles. The molecule has 1 saturated heterocycles. The maximum absolute atomic E-state index is 16.3. The highest BCUT2D eigenvalue weighted by Gasteiger charge is 2.77. The molecule has 13 rings (SSSR count). The van der Waals surface area contributed by atoms with Crippen molar-refractivity contribution < 1.29 is 39.1 Å². The van der Waals surface area contributed by atoms with Crippen molar-refractivity contribution in [1.82, 2.24) is 0 Å². The SMILES string of the molecule is C.CC(C)CCC[C@@H](C)[C@H]1CC[C@H]2[C@@H]3CC4OC45C[C@@H](O)CC[C@]5(C)[C@H]3CC[C@]12C.CC(C)CCC[C@@H](C)[C@H]1CC[C@H]2[C@@H]3C[C@@H](F)[C@@]4(O)C[C@@H](O)CC[C@]4(C)[C@H]3CC[C@]12C.CC(C)CCC[C@@H](C)[C@H]1CC[C@H]2[C@@H]3C[C@@H](O)[C@@]4(F)C[C@@H](O)CC[C@]4(C)[C@H]3CC[C@]12C. The van der Waals surface area contributed by atoms with Crippen molar-refractivity contribution in [1.29, 1.82) is 0 Å². The van der Waals surface area contributed by atoms with Crippen LogP contribution >= 0.6 is 0 Å². The van der Waals surface area contributed by atoms with Gasteiger partial charge in [0, 0.05) is 35.5 Å². The molecule has 6 nitrogen and oxygen atoms in total. The van der Waals surface area contributed by atoms with Gasteiger partial charge < -0.3 is 30.3 Å². The maximum atomic E-state index is 16.3. The number of hydrogen-bond donors (Lipinski definition) is 5. The lowest BCUT2D eigenvalue weighted by Gasteiger charge is -2.64. The summed E-state index contributed by atoms with van der Waals surface area (Å²) < 4.78 is 38.4. The Morgan fingerprint density at radius 1 is 0.411 bits per heavy atom. The number of aliphatic hydroxyl groups excluding tert-OH is 4. The number of fused-ring (bicyclic) bond motifs is 14. The first kappa shape index (κ1) is 72.4. The highest BCUT2D eigenvalue weighted by molar-refractivity contribution is 5.25. The third kappa shape index (κ3) is 12.0. The molecule has 0 bridgehead atoms. The molecular formula is C82H144F2O6. The van der Waals surface area contributed by atoms with Crippen LogP contribution in [0.25, 0.3) is 0 Å². The van der Waals surface area contributed by atoms with Crippen molar-refractivity contribution in [2.75, 3.05) is 0 Å². The Morgan fingerprint density at radius 2 is 0.778 bits per heavy atom. The molecule has 5 N–H and O–H groups in total. The van der Waals surface area contributed by atoms with Gasteiger partial charge in [-0.1, -0.05) is 169 Å². The Hall–Kier alpha value is -0.380. The Bertz CT molecular complexity index is 2280. The number of ether oxygens (including phenoxy) is 1. The summed E-state index contributed by atoms with van der Waals surface area (Å²) in [5.41, 5.74) is -2.16. The molecule has 12 aliphatic carbocycles. The van der Waals surface area contributed by atoms with Crippen LogP contribution in [0.2, 0.25) is 0 Å². The fourth-order valence-corrected chi connectivity index (χ4v) is 28.2. The first-order chi connectivity index (χ1) is 41.8. The maximum Gasteiger partial charge on any atom is 0.144 e. The van der Waals surface area contributed by atoms with Gasteiger partial charge in [0.1, 0.15) is 23.0 Å². The molecule has 30 atom stereocenters. The Morgan fingerprint density at radius 3 is 1.22 bits per heavy atom. The zero-order valence-corrected chi connectivity index (χ0v) is 60.1. The zero-order valence-electron chi connectivity index (χ0n) is 60.1. The van der Waals surface area contributed by atoms with Gasteiger partial charge in [0.2, 0.25) is 0 Å². The van der Waals surface area contributed by atoms with E-state index < -0.39 is 41.2 Å².